The number of carbonyl (C=O) groups is 6. The lowest BCUT2D eigenvalue weighted by molar-refractivity contribution is -0.199. The number of hydrogen-bond acceptors (Lipinski definition) is 10. The molecule has 1 aliphatic heterocycles. The molecule has 1 unspecified atom stereocenters. The number of Topliss-reactive ketones (excluding diaryl/α,β-unsaturated/α-hetero) is 3. The molecule has 2 bridgehead atoms. The fourth-order valence-corrected chi connectivity index (χ4v) is 10.5. The minimum absolute atomic E-state index is 0.0172. The molecular formula is C52H77BN4O9. The van der Waals surface area contributed by atoms with Crippen LogP contribution in [0.1, 0.15) is 154 Å². The van der Waals surface area contributed by atoms with Gasteiger partial charge < -0.3 is 36.5 Å². The molecule has 3 saturated carbocycles. The smallest absolute Gasteiger partial charge is 0.461 e. The monoisotopic (exact) mass is 913 g/mol. The number of hydrogen-bond donors (Lipinski definition) is 5. The lowest BCUT2D eigenvalue weighted by Crippen LogP contribution is -2.65. The third-order valence-electron chi connectivity index (χ3n) is 15.0. The number of benzene rings is 2. The first-order chi connectivity index (χ1) is 31.4. The highest BCUT2D eigenvalue weighted by atomic mass is 16.7. The molecule has 4 aliphatic rings. The van der Waals surface area contributed by atoms with Crippen molar-refractivity contribution in [3.63, 3.8) is 0 Å². The lowest BCUT2D eigenvalue weighted by atomic mass is 9.43. The SMILES string of the molecule is CCCCc1ccc(-c2ccc(C(=O)C[C@@H](CCCCN)C(=O)N[C@@H](CCC(=O)O)C(=O)C[C@@H](C)C(=O)N[C@@H](CCCCN)C(=O)C[C@@H](C)B3OC4C[C@@H]5C[C@@H](C5(C)C)[C@]4(C)O3)cc2)cc1. The summed E-state index contributed by atoms with van der Waals surface area (Å²) in [5.41, 5.74) is 15.0. The topological polar surface area (TPSA) is 217 Å². The molecule has 2 amide bonds. The molecule has 0 spiro atoms. The molecule has 6 rings (SSSR count). The third kappa shape index (κ3) is 13.5. The minimum atomic E-state index is -1.21. The van der Waals surface area contributed by atoms with Crippen LogP contribution in [-0.4, -0.2) is 84.2 Å². The first kappa shape index (κ1) is 52.7. The van der Waals surface area contributed by atoms with Gasteiger partial charge in [-0.1, -0.05) is 96.0 Å². The van der Waals surface area contributed by atoms with Gasteiger partial charge in [-0.25, -0.2) is 0 Å². The summed E-state index contributed by atoms with van der Waals surface area (Å²) in [6.07, 6.45) is 7.65. The van der Waals surface area contributed by atoms with Crippen LogP contribution in [0.15, 0.2) is 48.5 Å². The van der Waals surface area contributed by atoms with Crippen LogP contribution >= 0.6 is 0 Å². The normalized spacial score (nSPS) is 22.8. The average molecular weight is 913 g/mol. The summed E-state index contributed by atoms with van der Waals surface area (Å²) in [4.78, 5) is 80.8. The van der Waals surface area contributed by atoms with Gasteiger partial charge in [0.2, 0.25) is 11.8 Å². The second-order valence-electron chi connectivity index (χ2n) is 20.4. The number of nitrogens with two attached hydrogens (primary N) is 2. The number of unbranched alkanes of at least 4 members (excludes halogenated alkanes) is 3. The zero-order chi connectivity index (χ0) is 48.2. The molecule has 2 aromatic carbocycles. The van der Waals surface area contributed by atoms with Crippen LogP contribution in [0.3, 0.4) is 0 Å². The van der Waals surface area contributed by atoms with Gasteiger partial charge in [-0.15, -0.1) is 0 Å². The maximum Gasteiger partial charge on any atom is 0.461 e. The van der Waals surface area contributed by atoms with Gasteiger partial charge in [0.15, 0.2) is 17.3 Å². The minimum Gasteiger partial charge on any atom is -0.481 e. The Bertz CT molecular complexity index is 1980. The summed E-state index contributed by atoms with van der Waals surface area (Å²) in [6, 6.07) is 13.7. The van der Waals surface area contributed by atoms with Crippen molar-refractivity contribution in [3.05, 3.63) is 59.7 Å². The van der Waals surface area contributed by atoms with Gasteiger partial charge in [-0.3, -0.25) is 28.8 Å². The number of rotatable bonds is 29. The fourth-order valence-electron chi connectivity index (χ4n) is 10.5. The highest BCUT2D eigenvalue weighted by Crippen LogP contribution is 2.66. The Morgan fingerprint density at radius 1 is 0.758 bits per heavy atom. The molecule has 66 heavy (non-hydrogen) atoms. The molecule has 3 aliphatic carbocycles. The predicted molar refractivity (Wildman–Crippen MR) is 257 cm³/mol. The van der Waals surface area contributed by atoms with Gasteiger partial charge in [0.05, 0.1) is 23.8 Å². The van der Waals surface area contributed by atoms with E-state index in [1.807, 2.05) is 19.1 Å². The Balaban J connectivity index is 1.20. The maximum atomic E-state index is 13.9. The van der Waals surface area contributed by atoms with Crippen LogP contribution in [0.4, 0.5) is 0 Å². The largest absolute Gasteiger partial charge is 0.481 e. The number of amides is 2. The van der Waals surface area contributed by atoms with E-state index in [4.69, 9.17) is 20.8 Å². The highest BCUT2D eigenvalue weighted by Gasteiger charge is 2.68. The van der Waals surface area contributed by atoms with E-state index < -0.39 is 66.6 Å². The molecule has 0 radical (unpaired) electrons. The molecule has 1 heterocycles. The highest BCUT2D eigenvalue weighted by molar-refractivity contribution is 6.47. The number of carboxylic acid groups (broad SMARTS) is 1. The van der Waals surface area contributed by atoms with E-state index in [-0.39, 0.29) is 54.6 Å². The molecule has 4 fully saturated rings. The number of carboxylic acids is 1. The number of carbonyl (C=O) groups excluding carboxylic acids is 5. The Morgan fingerprint density at radius 3 is 1.95 bits per heavy atom. The van der Waals surface area contributed by atoms with Crippen LogP contribution in [-0.2, 0) is 39.7 Å². The molecule has 14 heteroatoms. The zero-order valence-electron chi connectivity index (χ0n) is 40.4. The van der Waals surface area contributed by atoms with Crippen LogP contribution in [0, 0.1) is 29.1 Å². The van der Waals surface area contributed by atoms with E-state index in [9.17, 15) is 33.9 Å². The van der Waals surface area contributed by atoms with Crippen LogP contribution in [0.2, 0.25) is 5.82 Å². The van der Waals surface area contributed by atoms with Crippen molar-refractivity contribution >= 4 is 42.3 Å². The number of nitrogens with one attached hydrogen (secondary N) is 2. The molecule has 9 atom stereocenters. The number of ketones is 3. The summed E-state index contributed by atoms with van der Waals surface area (Å²) < 4.78 is 13.1. The van der Waals surface area contributed by atoms with Crippen molar-refractivity contribution in [3.8, 4) is 11.1 Å². The van der Waals surface area contributed by atoms with Crippen LogP contribution in [0.5, 0.6) is 0 Å². The lowest BCUT2D eigenvalue weighted by Gasteiger charge is -2.64. The van der Waals surface area contributed by atoms with E-state index in [2.05, 4.69) is 62.6 Å². The fraction of sp³-hybridized carbons (Fsp3) is 0.654. The van der Waals surface area contributed by atoms with Crippen LogP contribution < -0.4 is 22.1 Å². The third-order valence-corrected chi connectivity index (χ3v) is 15.0. The average Bonchev–Trinajstić information content (AvgIpc) is 3.66. The Kier molecular flexibility index (Phi) is 19.3. The van der Waals surface area contributed by atoms with Gasteiger partial charge in [-0.2, -0.15) is 0 Å². The first-order valence-electron chi connectivity index (χ1n) is 24.8. The zero-order valence-corrected chi connectivity index (χ0v) is 40.4. The van der Waals surface area contributed by atoms with Gasteiger partial charge in [0.1, 0.15) is 0 Å². The maximum absolute atomic E-state index is 13.9. The van der Waals surface area contributed by atoms with Crippen molar-refractivity contribution in [2.75, 3.05) is 13.1 Å². The first-order valence-corrected chi connectivity index (χ1v) is 24.8. The molecular weight excluding hydrogens is 835 g/mol. The van der Waals surface area contributed by atoms with E-state index >= 15 is 0 Å². The predicted octanol–water partition coefficient (Wildman–Crippen LogP) is 7.65. The molecule has 7 N–H and O–H groups in total. The summed E-state index contributed by atoms with van der Waals surface area (Å²) >= 11 is 0. The van der Waals surface area contributed by atoms with Crippen molar-refractivity contribution in [1.82, 2.24) is 10.6 Å². The molecule has 362 valence electrons. The Hall–Kier alpha value is -4.24. The van der Waals surface area contributed by atoms with E-state index in [0.29, 0.717) is 69.0 Å². The van der Waals surface area contributed by atoms with Gasteiger partial charge >= 0.3 is 13.1 Å². The van der Waals surface area contributed by atoms with Gasteiger partial charge in [-0.05, 0) is 124 Å². The second kappa shape index (κ2) is 24.2. The molecule has 13 nitrogen and oxygen atoms in total. The van der Waals surface area contributed by atoms with Crippen molar-refractivity contribution < 1.29 is 43.2 Å². The second-order valence-corrected chi connectivity index (χ2v) is 20.4. The van der Waals surface area contributed by atoms with E-state index in [1.54, 1.807) is 19.1 Å². The van der Waals surface area contributed by atoms with Crippen LogP contribution in [0.25, 0.3) is 11.1 Å². The number of aliphatic carboxylic acids is 1. The summed E-state index contributed by atoms with van der Waals surface area (Å²) in [6.45, 7) is 13.3. The Morgan fingerprint density at radius 2 is 1.35 bits per heavy atom. The molecule has 2 aromatic rings. The van der Waals surface area contributed by atoms with E-state index in [0.717, 1.165) is 43.2 Å². The van der Waals surface area contributed by atoms with Crippen molar-refractivity contribution in [2.24, 2.45) is 40.6 Å². The Labute approximate surface area is 393 Å². The summed E-state index contributed by atoms with van der Waals surface area (Å²) in [5, 5.41) is 15.2. The van der Waals surface area contributed by atoms with E-state index in [1.165, 1.54) is 5.56 Å². The standard InChI is InChI=1S/C52H77BN4O9/c1-7-8-13-35-16-18-36(19-17-35)37-20-22-38(23-21-37)43(58)30-39(14-9-11-26-54)50(64)57-42(24-25-48(61)62)44(59)28-33(2)49(63)56-41(15-10-12-27-55)45(60)29-34(3)53-65-47-32-40-31-46(51(40,4)5)52(47,6)66-53/h16-23,33-34,39-42,46-47H,7-15,24-32,54-55H2,1-6H3,(H,56,63)(H,57,64)(H,61,62)/t33-,34-,39-,40+,41+,42+,46+,47?,52+/m1/s1. The van der Waals surface area contributed by atoms with Gasteiger partial charge in [0.25, 0.3) is 0 Å². The van der Waals surface area contributed by atoms with Gasteiger partial charge in [0, 0.05) is 43.1 Å². The number of aryl methyl sites for hydroxylation is 1. The summed E-state index contributed by atoms with van der Waals surface area (Å²) in [5.74, 6) is -4.06. The summed E-state index contributed by atoms with van der Waals surface area (Å²) in [7, 11) is -0.539. The quantitative estimate of drug-likeness (QED) is 0.0303. The molecule has 0 aromatic heterocycles. The van der Waals surface area contributed by atoms with Crippen molar-refractivity contribution in [1.29, 1.82) is 0 Å². The molecule has 1 saturated heterocycles. The van der Waals surface area contributed by atoms with Crippen molar-refractivity contribution in [2.45, 2.75) is 174 Å².